The van der Waals surface area contributed by atoms with Gasteiger partial charge < -0.3 is 9.67 Å². The molecule has 0 amide bonds. The average molecular weight is 230 g/mol. The summed E-state index contributed by atoms with van der Waals surface area (Å²) in [5.41, 5.74) is 0.958. The van der Waals surface area contributed by atoms with Gasteiger partial charge in [-0.3, -0.25) is 0 Å². The van der Waals surface area contributed by atoms with Crippen LogP contribution in [0.15, 0.2) is 24.5 Å². The molecule has 1 aromatic heterocycles. The zero-order valence-corrected chi connectivity index (χ0v) is 8.36. The molecule has 2 rings (SSSR count). The van der Waals surface area contributed by atoms with Crippen molar-refractivity contribution in [1.82, 2.24) is 9.55 Å². The van der Waals surface area contributed by atoms with Crippen molar-refractivity contribution in [2.75, 3.05) is 0 Å². The molecule has 0 saturated heterocycles. The smallest absolute Gasteiger partial charge is 0.379 e. The lowest BCUT2D eigenvalue weighted by atomic mass is 10.1. The van der Waals surface area contributed by atoms with Crippen molar-refractivity contribution in [2.45, 2.75) is 12.3 Å². The maximum absolute atomic E-state index is 12.3. The van der Waals surface area contributed by atoms with E-state index in [1.54, 1.807) is 11.6 Å². The van der Waals surface area contributed by atoms with E-state index in [4.69, 9.17) is 5.11 Å². The number of fused-ring (bicyclic) bond motifs is 1. The molecular weight excluding hydrogens is 221 g/mol. The first kappa shape index (κ1) is 10.9. The van der Waals surface area contributed by atoms with Crippen molar-refractivity contribution in [3.63, 3.8) is 0 Å². The fourth-order valence-electron chi connectivity index (χ4n) is 1.51. The van der Waals surface area contributed by atoms with E-state index in [1.807, 2.05) is 0 Å². The maximum Gasteiger partial charge on any atom is 0.418 e. The molecule has 86 valence electrons. The van der Waals surface area contributed by atoms with Gasteiger partial charge in [-0.15, -0.1) is 0 Å². The summed E-state index contributed by atoms with van der Waals surface area (Å²) in [4.78, 5) is 3.93. The van der Waals surface area contributed by atoms with Gasteiger partial charge in [0, 0.05) is 7.05 Å². The van der Waals surface area contributed by atoms with Crippen molar-refractivity contribution >= 4 is 11.0 Å². The van der Waals surface area contributed by atoms with Gasteiger partial charge in [-0.1, -0.05) is 6.07 Å². The molecule has 1 heterocycles. The Hall–Kier alpha value is -1.56. The highest BCUT2D eigenvalue weighted by atomic mass is 19.4. The predicted molar refractivity (Wildman–Crippen MR) is 51.7 cm³/mol. The molecular formula is C10H9F3N2O. The van der Waals surface area contributed by atoms with Crippen LogP contribution >= 0.6 is 0 Å². The second-order valence-corrected chi connectivity index (χ2v) is 3.55. The van der Waals surface area contributed by atoms with Crippen LogP contribution in [0.25, 0.3) is 11.0 Å². The molecule has 1 aromatic carbocycles. The number of aliphatic hydroxyl groups is 1. The first-order valence-corrected chi connectivity index (χ1v) is 4.55. The quantitative estimate of drug-likeness (QED) is 0.815. The van der Waals surface area contributed by atoms with Crippen molar-refractivity contribution in [3.8, 4) is 0 Å². The van der Waals surface area contributed by atoms with Crippen molar-refractivity contribution < 1.29 is 18.3 Å². The van der Waals surface area contributed by atoms with Gasteiger partial charge >= 0.3 is 6.18 Å². The van der Waals surface area contributed by atoms with Crippen LogP contribution in [-0.2, 0) is 7.05 Å². The molecule has 0 spiro atoms. The van der Waals surface area contributed by atoms with E-state index >= 15 is 0 Å². The molecule has 0 aliphatic rings. The molecule has 6 heteroatoms. The summed E-state index contributed by atoms with van der Waals surface area (Å²) in [6.45, 7) is 0. The second kappa shape index (κ2) is 3.48. The number of aromatic nitrogens is 2. The summed E-state index contributed by atoms with van der Waals surface area (Å²) in [7, 11) is 1.75. The summed E-state index contributed by atoms with van der Waals surface area (Å²) in [6.07, 6.45) is -5.60. The summed E-state index contributed by atoms with van der Waals surface area (Å²) in [5.74, 6) is 0. The van der Waals surface area contributed by atoms with E-state index in [1.165, 1.54) is 24.5 Å². The standard InChI is InChI=1S/C10H9F3N2O/c1-15-5-14-7-4-6(2-3-8(7)15)9(16)10(11,12)13/h2-5,9,16H,1H3. The van der Waals surface area contributed by atoms with Gasteiger partial charge in [0.05, 0.1) is 17.4 Å². The summed E-state index contributed by atoms with van der Waals surface area (Å²) in [6, 6.07) is 4.00. The zero-order chi connectivity index (χ0) is 11.9. The number of imidazole rings is 1. The first-order chi connectivity index (χ1) is 7.39. The van der Waals surface area contributed by atoms with E-state index < -0.39 is 12.3 Å². The lowest BCUT2D eigenvalue weighted by Crippen LogP contribution is -2.20. The van der Waals surface area contributed by atoms with Gasteiger partial charge in [0.2, 0.25) is 0 Å². The average Bonchev–Trinajstić information content (AvgIpc) is 2.57. The molecule has 3 nitrogen and oxygen atoms in total. The largest absolute Gasteiger partial charge is 0.418 e. The molecule has 16 heavy (non-hydrogen) atoms. The van der Waals surface area contributed by atoms with Gasteiger partial charge in [-0.2, -0.15) is 13.2 Å². The Morgan fingerprint density at radius 2 is 2.06 bits per heavy atom. The third-order valence-electron chi connectivity index (χ3n) is 2.38. The predicted octanol–water partition coefficient (Wildman–Crippen LogP) is 2.17. The van der Waals surface area contributed by atoms with Crippen LogP contribution in [0.1, 0.15) is 11.7 Å². The Labute approximate surface area is 89.1 Å². The van der Waals surface area contributed by atoms with Gasteiger partial charge in [0.1, 0.15) is 0 Å². The monoisotopic (exact) mass is 230 g/mol. The minimum Gasteiger partial charge on any atom is -0.379 e. The van der Waals surface area contributed by atoms with Crippen LogP contribution in [0.2, 0.25) is 0 Å². The molecule has 0 fully saturated rings. The van der Waals surface area contributed by atoms with Crippen LogP contribution in [0.5, 0.6) is 0 Å². The molecule has 0 radical (unpaired) electrons. The molecule has 0 bridgehead atoms. The topological polar surface area (TPSA) is 38.0 Å². The summed E-state index contributed by atoms with van der Waals surface area (Å²) < 4.78 is 38.5. The highest BCUT2D eigenvalue weighted by Gasteiger charge is 2.39. The maximum atomic E-state index is 12.3. The Bertz CT molecular complexity index is 518. The number of benzene rings is 1. The minimum absolute atomic E-state index is 0.196. The molecule has 2 aromatic rings. The van der Waals surface area contributed by atoms with Crippen LogP contribution < -0.4 is 0 Å². The highest BCUT2D eigenvalue weighted by molar-refractivity contribution is 5.76. The second-order valence-electron chi connectivity index (χ2n) is 3.55. The molecule has 1 atom stereocenters. The van der Waals surface area contributed by atoms with Crippen LogP contribution in [0, 0.1) is 0 Å². The summed E-state index contributed by atoms with van der Waals surface area (Å²) >= 11 is 0. The Morgan fingerprint density at radius 1 is 1.38 bits per heavy atom. The molecule has 0 aliphatic carbocycles. The van der Waals surface area contributed by atoms with E-state index in [0.717, 1.165) is 5.52 Å². The van der Waals surface area contributed by atoms with Gasteiger partial charge in [-0.05, 0) is 17.7 Å². The van der Waals surface area contributed by atoms with Crippen molar-refractivity contribution in [1.29, 1.82) is 0 Å². The van der Waals surface area contributed by atoms with Crippen molar-refractivity contribution in [3.05, 3.63) is 30.1 Å². The van der Waals surface area contributed by atoms with Gasteiger partial charge in [0.25, 0.3) is 0 Å². The van der Waals surface area contributed by atoms with Crippen LogP contribution in [0.3, 0.4) is 0 Å². The first-order valence-electron chi connectivity index (χ1n) is 4.55. The zero-order valence-electron chi connectivity index (χ0n) is 8.36. The Balaban J connectivity index is 2.47. The van der Waals surface area contributed by atoms with E-state index in [0.29, 0.717) is 5.52 Å². The molecule has 0 aliphatic heterocycles. The number of hydrogen-bond acceptors (Lipinski definition) is 2. The SMILES string of the molecule is Cn1cnc2cc(C(O)C(F)(F)F)ccc21. The highest BCUT2D eigenvalue weighted by Crippen LogP contribution is 2.33. The summed E-state index contributed by atoms with van der Waals surface area (Å²) in [5, 5.41) is 9.06. The van der Waals surface area contributed by atoms with E-state index in [9.17, 15) is 13.2 Å². The molecule has 1 unspecified atom stereocenters. The van der Waals surface area contributed by atoms with Crippen molar-refractivity contribution in [2.24, 2.45) is 7.05 Å². The van der Waals surface area contributed by atoms with Gasteiger partial charge in [0.15, 0.2) is 6.10 Å². The number of hydrogen-bond donors (Lipinski definition) is 1. The van der Waals surface area contributed by atoms with Gasteiger partial charge in [-0.25, -0.2) is 4.98 Å². The third kappa shape index (κ3) is 1.76. The number of alkyl halides is 3. The fourth-order valence-corrected chi connectivity index (χ4v) is 1.51. The number of aliphatic hydroxyl groups excluding tert-OH is 1. The van der Waals surface area contributed by atoms with E-state index in [-0.39, 0.29) is 5.56 Å². The number of aryl methyl sites for hydroxylation is 1. The van der Waals surface area contributed by atoms with E-state index in [2.05, 4.69) is 4.98 Å². The molecule has 0 saturated carbocycles. The number of rotatable bonds is 1. The molecule has 1 N–H and O–H groups in total. The van der Waals surface area contributed by atoms with Crippen LogP contribution in [-0.4, -0.2) is 20.8 Å². The Kier molecular flexibility index (Phi) is 2.38. The normalized spacial score (nSPS) is 14.3. The lowest BCUT2D eigenvalue weighted by molar-refractivity contribution is -0.206. The lowest BCUT2D eigenvalue weighted by Gasteiger charge is -2.14. The minimum atomic E-state index is -4.65. The number of halogens is 3. The van der Waals surface area contributed by atoms with Crippen LogP contribution in [0.4, 0.5) is 13.2 Å². The third-order valence-corrected chi connectivity index (χ3v) is 2.38. The fraction of sp³-hybridized carbons (Fsp3) is 0.300. The number of nitrogens with zero attached hydrogens (tertiary/aromatic N) is 2. The Morgan fingerprint density at radius 3 is 2.69 bits per heavy atom.